The van der Waals surface area contributed by atoms with Gasteiger partial charge in [-0.25, -0.2) is 4.39 Å². The zero-order valence-corrected chi connectivity index (χ0v) is 10.1. The van der Waals surface area contributed by atoms with Gasteiger partial charge in [0.1, 0.15) is 11.9 Å². The molecule has 0 aliphatic rings. The summed E-state index contributed by atoms with van der Waals surface area (Å²) in [7, 11) is 0. The van der Waals surface area contributed by atoms with E-state index in [2.05, 4.69) is 6.07 Å². The molecule has 86 valence electrons. The van der Waals surface area contributed by atoms with E-state index in [9.17, 15) is 4.39 Å². The zero-order valence-electron chi connectivity index (χ0n) is 9.37. The highest BCUT2D eigenvalue weighted by atomic mass is 35.5. The Morgan fingerprint density at radius 3 is 2.50 bits per heavy atom. The Kier molecular flexibility index (Phi) is 4.72. The van der Waals surface area contributed by atoms with Crippen molar-refractivity contribution in [1.29, 1.82) is 5.26 Å². The minimum Gasteiger partial charge on any atom is -0.285 e. The molecule has 0 fully saturated rings. The quantitative estimate of drug-likeness (QED) is 0.807. The summed E-state index contributed by atoms with van der Waals surface area (Å²) in [5.41, 5.74) is 0.734. The molecule has 0 amide bonds. The van der Waals surface area contributed by atoms with Crippen LogP contribution >= 0.6 is 11.6 Å². The Morgan fingerprint density at radius 2 is 2.06 bits per heavy atom. The van der Waals surface area contributed by atoms with Gasteiger partial charge in [-0.05, 0) is 30.8 Å². The summed E-state index contributed by atoms with van der Waals surface area (Å²) < 4.78 is 13.0. The standard InChI is InChI=1S/C12H14ClFN2/c1-3-16(4-2)12(8-15)9-5-6-11(14)10(13)7-9/h5-7,12H,3-4H2,1-2H3. The fraction of sp³-hybridized carbons (Fsp3) is 0.417. The van der Waals surface area contributed by atoms with Crippen molar-refractivity contribution >= 4 is 11.6 Å². The number of hydrogen-bond donors (Lipinski definition) is 0. The van der Waals surface area contributed by atoms with Crippen molar-refractivity contribution in [3.05, 3.63) is 34.6 Å². The van der Waals surface area contributed by atoms with E-state index in [0.29, 0.717) is 0 Å². The first kappa shape index (κ1) is 13.0. The van der Waals surface area contributed by atoms with Gasteiger partial charge in [-0.1, -0.05) is 31.5 Å². The Hall–Kier alpha value is -1.11. The normalized spacial score (nSPS) is 12.5. The van der Waals surface area contributed by atoms with Gasteiger partial charge in [0.25, 0.3) is 0 Å². The molecule has 4 heteroatoms. The summed E-state index contributed by atoms with van der Waals surface area (Å²) in [4.78, 5) is 1.99. The average Bonchev–Trinajstić information content (AvgIpc) is 2.29. The summed E-state index contributed by atoms with van der Waals surface area (Å²) in [5, 5.41) is 9.20. The van der Waals surface area contributed by atoms with E-state index in [4.69, 9.17) is 16.9 Å². The van der Waals surface area contributed by atoms with Crippen LogP contribution in [0.15, 0.2) is 18.2 Å². The van der Waals surface area contributed by atoms with Crippen molar-refractivity contribution < 1.29 is 4.39 Å². The average molecular weight is 241 g/mol. The van der Waals surface area contributed by atoms with Crippen LogP contribution in [-0.2, 0) is 0 Å². The number of hydrogen-bond acceptors (Lipinski definition) is 2. The SMILES string of the molecule is CCN(CC)C(C#N)c1ccc(F)c(Cl)c1. The largest absolute Gasteiger partial charge is 0.285 e. The fourth-order valence-electron chi connectivity index (χ4n) is 1.64. The van der Waals surface area contributed by atoms with Crippen molar-refractivity contribution in [2.24, 2.45) is 0 Å². The van der Waals surface area contributed by atoms with Crippen molar-refractivity contribution in [2.45, 2.75) is 19.9 Å². The van der Waals surface area contributed by atoms with Crippen LogP contribution in [0.5, 0.6) is 0 Å². The second-order valence-corrected chi connectivity index (χ2v) is 3.83. The van der Waals surface area contributed by atoms with E-state index in [0.717, 1.165) is 18.7 Å². The van der Waals surface area contributed by atoms with Crippen LogP contribution in [0.3, 0.4) is 0 Å². The highest BCUT2D eigenvalue weighted by Crippen LogP contribution is 2.24. The van der Waals surface area contributed by atoms with Crippen LogP contribution in [0.1, 0.15) is 25.5 Å². The molecule has 0 aliphatic carbocycles. The van der Waals surface area contributed by atoms with Crippen molar-refractivity contribution in [3.63, 3.8) is 0 Å². The highest BCUT2D eigenvalue weighted by molar-refractivity contribution is 6.30. The lowest BCUT2D eigenvalue weighted by Gasteiger charge is -2.24. The Labute approximate surface area is 100 Å². The third-order valence-electron chi connectivity index (χ3n) is 2.56. The summed E-state index contributed by atoms with van der Waals surface area (Å²) in [6.07, 6.45) is 0. The molecule has 0 heterocycles. The maximum Gasteiger partial charge on any atom is 0.141 e. The Morgan fingerprint density at radius 1 is 1.44 bits per heavy atom. The molecule has 2 nitrogen and oxygen atoms in total. The third kappa shape index (κ3) is 2.72. The van der Waals surface area contributed by atoms with Gasteiger partial charge in [0.05, 0.1) is 11.1 Å². The Bertz CT molecular complexity index is 396. The van der Waals surface area contributed by atoms with Gasteiger partial charge < -0.3 is 0 Å². The molecular formula is C12H14ClFN2. The number of benzene rings is 1. The lowest BCUT2D eigenvalue weighted by Crippen LogP contribution is -2.27. The van der Waals surface area contributed by atoms with E-state index >= 15 is 0 Å². The van der Waals surface area contributed by atoms with Gasteiger partial charge in [0, 0.05) is 0 Å². The molecule has 1 unspecified atom stereocenters. The summed E-state index contributed by atoms with van der Waals surface area (Å²) in [6, 6.07) is 6.26. The van der Waals surface area contributed by atoms with Gasteiger partial charge in [0.2, 0.25) is 0 Å². The van der Waals surface area contributed by atoms with Crippen LogP contribution in [-0.4, -0.2) is 18.0 Å². The number of rotatable bonds is 4. The molecule has 0 aromatic heterocycles. The second kappa shape index (κ2) is 5.83. The van der Waals surface area contributed by atoms with Crippen molar-refractivity contribution in [1.82, 2.24) is 4.90 Å². The smallest absolute Gasteiger partial charge is 0.141 e. The Balaban J connectivity index is 3.05. The van der Waals surface area contributed by atoms with Crippen LogP contribution < -0.4 is 0 Å². The van der Waals surface area contributed by atoms with E-state index < -0.39 is 5.82 Å². The lowest BCUT2D eigenvalue weighted by molar-refractivity contribution is 0.262. The monoisotopic (exact) mass is 240 g/mol. The molecule has 0 aliphatic heterocycles. The van der Waals surface area contributed by atoms with Gasteiger partial charge in [-0.3, -0.25) is 4.90 Å². The van der Waals surface area contributed by atoms with Crippen LogP contribution in [0.4, 0.5) is 4.39 Å². The summed E-state index contributed by atoms with van der Waals surface area (Å²) >= 11 is 5.70. The molecule has 1 aromatic carbocycles. The van der Waals surface area contributed by atoms with Crippen LogP contribution in [0.25, 0.3) is 0 Å². The number of halogens is 2. The van der Waals surface area contributed by atoms with E-state index in [1.807, 2.05) is 18.7 Å². The molecule has 0 radical (unpaired) electrons. The molecule has 16 heavy (non-hydrogen) atoms. The predicted molar refractivity (Wildman–Crippen MR) is 62.7 cm³/mol. The van der Waals surface area contributed by atoms with Crippen LogP contribution in [0, 0.1) is 17.1 Å². The van der Waals surface area contributed by atoms with Crippen molar-refractivity contribution in [2.75, 3.05) is 13.1 Å². The first-order valence-electron chi connectivity index (χ1n) is 5.22. The number of nitriles is 1. The molecule has 1 aromatic rings. The van der Waals surface area contributed by atoms with Gasteiger partial charge in [-0.2, -0.15) is 5.26 Å². The summed E-state index contributed by atoms with van der Waals surface area (Å²) in [5.74, 6) is -0.457. The lowest BCUT2D eigenvalue weighted by atomic mass is 10.1. The molecule has 1 rings (SSSR count). The first-order chi connectivity index (χ1) is 7.63. The van der Waals surface area contributed by atoms with E-state index in [1.165, 1.54) is 12.1 Å². The molecule has 0 bridgehead atoms. The minimum absolute atomic E-state index is 0.0601. The van der Waals surface area contributed by atoms with Crippen LogP contribution in [0.2, 0.25) is 5.02 Å². The zero-order chi connectivity index (χ0) is 12.1. The fourth-order valence-corrected chi connectivity index (χ4v) is 1.83. The second-order valence-electron chi connectivity index (χ2n) is 3.43. The summed E-state index contributed by atoms with van der Waals surface area (Å²) in [6.45, 7) is 5.51. The van der Waals surface area contributed by atoms with Gasteiger partial charge in [0.15, 0.2) is 0 Å². The molecular weight excluding hydrogens is 227 g/mol. The van der Waals surface area contributed by atoms with E-state index in [-0.39, 0.29) is 11.1 Å². The van der Waals surface area contributed by atoms with E-state index in [1.54, 1.807) is 6.07 Å². The molecule has 1 atom stereocenters. The molecule has 0 spiro atoms. The molecule has 0 saturated heterocycles. The maximum absolute atomic E-state index is 13.0. The maximum atomic E-state index is 13.0. The molecule has 0 N–H and O–H groups in total. The minimum atomic E-state index is -0.457. The highest BCUT2D eigenvalue weighted by Gasteiger charge is 2.18. The molecule has 0 saturated carbocycles. The first-order valence-corrected chi connectivity index (χ1v) is 5.60. The van der Waals surface area contributed by atoms with Crippen molar-refractivity contribution in [3.8, 4) is 6.07 Å². The third-order valence-corrected chi connectivity index (χ3v) is 2.85. The predicted octanol–water partition coefficient (Wildman–Crippen LogP) is 3.39. The topological polar surface area (TPSA) is 27.0 Å². The van der Waals surface area contributed by atoms with Gasteiger partial charge >= 0.3 is 0 Å². The van der Waals surface area contributed by atoms with Gasteiger partial charge in [-0.15, -0.1) is 0 Å². The number of nitrogens with zero attached hydrogens (tertiary/aromatic N) is 2.